The van der Waals surface area contributed by atoms with E-state index in [0.29, 0.717) is 0 Å². The van der Waals surface area contributed by atoms with E-state index in [9.17, 15) is 4.39 Å². The minimum Gasteiger partial charge on any atom is -0.466 e. The van der Waals surface area contributed by atoms with Crippen LogP contribution in [0.5, 0.6) is 0 Å². The molecular formula is C18H24FNO. The molecule has 0 saturated carbocycles. The summed E-state index contributed by atoms with van der Waals surface area (Å²) >= 11 is 0. The first-order chi connectivity index (χ1) is 10.0. The Morgan fingerprint density at radius 2 is 1.95 bits per heavy atom. The van der Waals surface area contributed by atoms with Crippen molar-refractivity contribution in [3.05, 3.63) is 58.3 Å². The number of aryl methyl sites for hydroxylation is 3. The van der Waals surface area contributed by atoms with Crippen LogP contribution in [0.2, 0.25) is 0 Å². The van der Waals surface area contributed by atoms with Crippen LogP contribution in [-0.2, 0) is 6.42 Å². The lowest BCUT2D eigenvalue weighted by atomic mass is 9.96. The van der Waals surface area contributed by atoms with Crippen molar-refractivity contribution < 1.29 is 8.81 Å². The van der Waals surface area contributed by atoms with Crippen LogP contribution in [0, 0.1) is 26.6 Å². The van der Waals surface area contributed by atoms with Gasteiger partial charge in [-0.1, -0.05) is 13.0 Å². The first-order valence-corrected chi connectivity index (χ1v) is 7.56. The fourth-order valence-electron chi connectivity index (χ4n) is 2.72. The normalized spacial score (nSPS) is 12.6. The van der Waals surface area contributed by atoms with Crippen molar-refractivity contribution in [3.63, 3.8) is 0 Å². The topological polar surface area (TPSA) is 25.2 Å². The molecule has 1 N–H and O–H groups in total. The summed E-state index contributed by atoms with van der Waals surface area (Å²) in [5.74, 6) is 1.71. The third-order valence-corrected chi connectivity index (χ3v) is 3.82. The van der Waals surface area contributed by atoms with E-state index in [1.54, 1.807) is 6.07 Å². The lowest BCUT2D eigenvalue weighted by Gasteiger charge is -2.19. The number of rotatable bonds is 6. The predicted molar refractivity (Wildman–Crippen MR) is 84.1 cm³/mol. The summed E-state index contributed by atoms with van der Waals surface area (Å²) in [5.41, 5.74) is 3.36. The number of furan rings is 1. The Morgan fingerprint density at radius 1 is 1.19 bits per heavy atom. The fourth-order valence-corrected chi connectivity index (χ4v) is 2.72. The molecule has 2 nitrogen and oxygen atoms in total. The summed E-state index contributed by atoms with van der Waals surface area (Å²) in [6.07, 6.45) is 1.92. The Morgan fingerprint density at radius 3 is 2.52 bits per heavy atom. The van der Waals surface area contributed by atoms with Crippen LogP contribution >= 0.6 is 0 Å². The van der Waals surface area contributed by atoms with Crippen molar-refractivity contribution in [2.45, 2.75) is 46.6 Å². The molecule has 1 aromatic carbocycles. The molecule has 114 valence electrons. The monoisotopic (exact) mass is 289 g/mol. The van der Waals surface area contributed by atoms with Crippen molar-refractivity contribution in [1.82, 2.24) is 5.32 Å². The molecule has 1 atom stereocenters. The Balaban J connectivity index is 2.26. The molecule has 1 unspecified atom stereocenters. The second-order valence-electron chi connectivity index (χ2n) is 5.65. The molecule has 0 aliphatic rings. The zero-order valence-electron chi connectivity index (χ0n) is 13.3. The van der Waals surface area contributed by atoms with Crippen LogP contribution in [0.3, 0.4) is 0 Å². The van der Waals surface area contributed by atoms with E-state index in [-0.39, 0.29) is 11.9 Å². The first-order valence-electron chi connectivity index (χ1n) is 7.56. The van der Waals surface area contributed by atoms with Gasteiger partial charge in [-0.15, -0.1) is 0 Å². The van der Waals surface area contributed by atoms with Gasteiger partial charge in [0.1, 0.15) is 17.3 Å². The molecule has 2 rings (SSSR count). The molecule has 0 aliphatic heterocycles. The maximum absolute atomic E-state index is 13.2. The van der Waals surface area contributed by atoms with Gasteiger partial charge in [-0.25, -0.2) is 4.39 Å². The maximum atomic E-state index is 13.2. The summed E-state index contributed by atoms with van der Waals surface area (Å²) in [5, 5.41) is 3.58. The standard InChI is InChI=1S/C18H24FNO/c1-5-8-20-18(17-10-13(3)21-14(17)4)11-15-6-7-16(19)9-12(15)2/h6-7,9-10,18,20H,5,8,11H2,1-4H3. The van der Waals surface area contributed by atoms with E-state index in [1.807, 2.05) is 26.8 Å². The number of halogens is 1. The second kappa shape index (κ2) is 6.90. The summed E-state index contributed by atoms with van der Waals surface area (Å²) in [4.78, 5) is 0. The average molecular weight is 289 g/mol. The molecule has 2 aromatic rings. The van der Waals surface area contributed by atoms with Crippen LogP contribution in [0.4, 0.5) is 4.39 Å². The third-order valence-electron chi connectivity index (χ3n) is 3.82. The molecule has 3 heteroatoms. The molecular weight excluding hydrogens is 265 g/mol. The summed E-state index contributed by atoms with van der Waals surface area (Å²) in [6, 6.07) is 7.31. The fraction of sp³-hybridized carbons (Fsp3) is 0.444. The van der Waals surface area contributed by atoms with Crippen LogP contribution < -0.4 is 5.32 Å². The van der Waals surface area contributed by atoms with Gasteiger partial charge in [0.25, 0.3) is 0 Å². The van der Waals surface area contributed by atoms with Crippen LogP contribution in [0.25, 0.3) is 0 Å². The predicted octanol–water partition coefficient (Wildman–Crippen LogP) is 4.63. The number of hydrogen-bond acceptors (Lipinski definition) is 2. The van der Waals surface area contributed by atoms with E-state index in [2.05, 4.69) is 18.3 Å². The van der Waals surface area contributed by atoms with E-state index in [1.165, 1.54) is 17.2 Å². The van der Waals surface area contributed by atoms with E-state index in [4.69, 9.17) is 4.42 Å². The zero-order valence-corrected chi connectivity index (χ0v) is 13.3. The molecule has 0 saturated heterocycles. The third kappa shape index (κ3) is 3.94. The summed E-state index contributed by atoms with van der Waals surface area (Å²) < 4.78 is 18.9. The molecule has 1 heterocycles. The van der Waals surface area contributed by atoms with Gasteiger partial charge < -0.3 is 9.73 Å². The van der Waals surface area contributed by atoms with Crippen molar-refractivity contribution in [1.29, 1.82) is 0 Å². The van der Waals surface area contributed by atoms with Crippen molar-refractivity contribution in [3.8, 4) is 0 Å². The molecule has 0 bridgehead atoms. The van der Waals surface area contributed by atoms with E-state index in [0.717, 1.165) is 36.5 Å². The highest BCUT2D eigenvalue weighted by Gasteiger charge is 2.18. The lowest BCUT2D eigenvalue weighted by molar-refractivity contribution is 0.480. The molecule has 0 radical (unpaired) electrons. The number of hydrogen-bond donors (Lipinski definition) is 1. The molecule has 0 spiro atoms. The number of nitrogens with one attached hydrogen (secondary N) is 1. The Labute approximate surface area is 126 Å². The van der Waals surface area contributed by atoms with Gasteiger partial charge >= 0.3 is 0 Å². The van der Waals surface area contributed by atoms with Gasteiger partial charge in [-0.05, 0) is 69.5 Å². The second-order valence-corrected chi connectivity index (χ2v) is 5.65. The molecule has 0 fully saturated rings. The van der Waals surface area contributed by atoms with Gasteiger partial charge in [0.05, 0.1) is 0 Å². The highest BCUT2D eigenvalue weighted by Crippen LogP contribution is 2.26. The first kappa shape index (κ1) is 15.8. The average Bonchev–Trinajstić information content (AvgIpc) is 2.76. The molecule has 1 aromatic heterocycles. The lowest BCUT2D eigenvalue weighted by Crippen LogP contribution is -2.24. The van der Waals surface area contributed by atoms with Gasteiger partial charge in [0, 0.05) is 11.6 Å². The molecule has 0 amide bonds. The molecule has 21 heavy (non-hydrogen) atoms. The number of benzene rings is 1. The van der Waals surface area contributed by atoms with E-state index < -0.39 is 0 Å². The van der Waals surface area contributed by atoms with Crippen LogP contribution in [0.15, 0.2) is 28.7 Å². The smallest absolute Gasteiger partial charge is 0.123 e. The summed E-state index contributed by atoms with van der Waals surface area (Å²) in [6.45, 7) is 9.04. The highest BCUT2D eigenvalue weighted by molar-refractivity contribution is 5.31. The highest BCUT2D eigenvalue weighted by atomic mass is 19.1. The summed E-state index contributed by atoms with van der Waals surface area (Å²) in [7, 11) is 0. The van der Waals surface area contributed by atoms with Gasteiger partial charge in [0.15, 0.2) is 0 Å². The Hall–Kier alpha value is -1.61. The zero-order chi connectivity index (χ0) is 15.4. The van der Waals surface area contributed by atoms with Crippen molar-refractivity contribution in [2.75, 3.05) is 6.54 Å². The van der Waals surface area contributed by atoms with Crippen molar-refractivity contribution >= 4 is 0 Å². The maximum Gasteiger partial charge on any atom is 0.123 e. The largest absolute Gasteiger partial charge is 0.466 e. The quantitative estimate of drug-likeness (QED) is 0.839. The van der Waals surface area contributed by atoms with Gasteiger partial charge in [0.2, 0.25) is 0 Å². The Kier molecular flexibility index (Phi) is 5.18. The van der Waals surface area contributed by atoms with Gasteiger partial charge in [-0.3, -0.25) is 0 Å². The minimum atomic E-state index is -0.176. The SMILES string of the molecule is CCCNC(Cc1ccc(F)cc1C)c1cc(C)oc1C. The van der Waals surface area contributed by atoms with Gasteiger partial charge in [-0.2, -0.15) is 0 Å². The van der Waals surface area contributed by atoms with Crippen molar-refractivity contribution in [2.24, 2.45) is 0 Å². The van der Waals surface area contributed by atoms with Crippen LogP contribution in [0.1, 0.15) is 47.6 Å². The van der Waals surface area contributed by atoms with E-state index >= 15 is 0 Å². The van der Waals surface area contributed by atoms with Crippen LogP contribution in [-0.4, -0.2) is 6.54 Å². The molecule has 0 aliphatic carbocycles. The Bertz CT molecular complexity index is 603. The minimum absolute atomic E-state index is 0.176.